The Morgan fingerprint density at radius 3 is 2.47 bits per heavy atom. The molecule has 0 aliphatic heterocycles. The first-order valence-electron chi connectivity index (χ1n) is 5.93. The number of carboxylic acids is 1. The van der Waals surface area contributed by atoms with Gasteiger partial charge in [0.05, 0.1) is 11.3 Å². The molecule has 0 radical (unpaired) electrons. The van der Waals surface area contributed by atoms with Crippen LogP contribution in [-0.2, 0) is 10.2 Å². The van der Waals surface area contributed by atoms with Crippen LogP contribution in [0.1, 0.15) is 34.3 Å². The average molecular weight is 284 g/mol. The summed E-state index contributed by atoms with van der Waals surface area (Å²) in [4.78, 5) is 11.1. The maximum atomic E-state index is 11.8. The van der Waals surface area contributed by atoms with Gasteiger partial charge in [-0.3, -0.25) is 4.72 Å². The van der Waals surface area contributed by atoms with Crippen molar-refractivity contribution in [3.63, 3.8) is 0 Å². The molecule has 19 heavy (non-hydrogen) atoms. The molecule has 1 aliphatic carbocycles. The quantitative estimate of drug-likeness (QED) is 0.761. The zero-order chi connectivity index (χ0) is 14.2. The van der Waals surface area contributed by atoms with Crippen LogP contribution < -0.4 is 9.44 Å². The number of benzene rings is 1. The van der Waals surface area contributed by atoms with E-state index in [2.05, 4.69) is 9.44 Å². The van der Waals surface area contributed by atoms with Gasteiger partial charge < -0.3 is 5.11 Å². The van der Waals surface area contributed by atoms with Crippen molar-refractivity contribution in [2.24, 2.45) is 0 Å². The first kappa shape index (κ1) is 13.8. The summed E-state index contributed by atoms with van der Waals surface area (Å²) in [7, 11) is -3.64. The third-order valence-corrected chi connectivity index (χ3v) is 4.20. The van der Waals surface area contributed by atoms with Gasteiger partial charge in [0.1, 0.15) is 0 Å². The minimum Gasteiger partial charge on any atom is -0.478 e. The SMILES string of the molecule is Cc1cc(NS(=O)(=O)NC2CC2)cc(C(=O)O)c1C. The molecule has 7 heteroatoms. The summed E-state index contributed by atoms with van der Waals surface area (Å²) >= 11 is 0. The van der Waals surface area contributed by atoms with E-state index in [1.807, 2.05) is 0 Å². The molecule has 0 saturated heterocycles. The first-order valence-corrected chi connectivity index (χ1v) is 7.41. The standard InChI is InChI=1S/C12H16N2O4S/c1-7-5-10(6-11(8(7)2)12(15)16)14-19(17,18)13-9-3-4-9/h5-6,9,13-14H,3-4H2,1-2H3,(H,15,16). The molecule has 1 aromatic rings. The van der Waals surface area contributed by atoms with Gasteiger partial charge in [0.15, 0.2) is 0 Å². The first-order chi connectivity index (χ1) is 8.78. The summed E-state index contributed by atoms with van der Waals surface area (Å²) in [5.41, 5.74) is 1.72. The number of carboxylic acid groups (broad SMARTS) is 1. The van der Waals surface area contributed by atoms with Crippen molar-refractivity contribution in [3.05, 3.63) is 28.8 Å². The molecule has 6 nitrogen and oxygen atoms in total. The average Bonchev–Trinajstić information content (AvgIpc) is 3.05. The van der Waals surface area contributed by atoms with Crippen molar-refractivity contribution in [1.82, 2.24) is 4.72 Å². The lowest BCUT2D eigenvalue weighted by Crippen LogP contribution is -2.31. The van der Waals surface area contributed by atoms with Crippen molar-refractivity contribution < 1.29 is 18.3 Å². The molecule has 1 aromatic carbocycles. The van der Waals surface area contributed by atoms with Crippen LogP contribution in [0.4, 0.5) is 5.69 Å². The van der Waals surface area contributed by atoms with Gasteiger partial charge in [0.2, 0.25) is 0 Å². The van der Waals surface area contributed by atoms with Crippen LogP contribution in [0.5, 0.6) is 0 Å². The van der Waals surface area contributed by atoms with Gasteiger partial charge in [-0.1, -0.05) is 0 Å². The second-order valence-electron chi connectivity index (χ2n) is 4.77. The van der Waals surface area contributed by atoms with Crippen molar-refractivity contribution in [2.75, 3.05) is 4.72 Å². The molecule has 1 fully saturated rings. The van der Waals surface area contributed by atoms with Crippen LogP contribution in [0.25, 0.3) is 0 Å². The summed E-state index contributed by atoms with van der Waals surface area (Å²) in [5.74, 6) is -1.07. The molecule has 0 aromatic heterocycles. The number of nitrogens with one attached hydrogen (secondary N) is 2. The smallest absolute Gasteiger partial charge is 0.336 e. The molecule has 1 saturated carbocycles. The summed E-state index contributed by atoms with van der Waals surface area (Å²) in [5, 5.41) is 9.08. The molecule has 0 heterocycles. The highest BCUT2D eigenvalue weighted by atomic mass is 32.2. The Bertz CT molecular complexity index is 621. The van der Waals surface area contributed by atoms with Gasteiger partial charge in [-0.2, -0.15) is 13.1 Å². The molecular formula is C12H16N2O4S. The number of hydrogen-bond donors (Lipinski definition) is 3. The van der Waals surface area contributed by atoms with Gasteiger partial charge in [0.25, 0.3) is 10.2 Å². The molecular weight excluding hydrogens is 268 g/mol. The molecule has 0 spiro atoms. The predicted octanol–water partition coefficient (Wildman–Crippen LogP) is 1.41. The monoisotopic (exact) mass is 284 g/mol. The fourth-order valence-electron chi connectivity index (χ4n) is 1.75. The molecule has 0 unspecified atom stereocenters. The second kappa shape index (κ2) is 4.82. The van der Waals surface area contributed by atoms with E-state index in [9.17, 15) is 13.2 Å². The Balaban J connectivity index is 2.27. The Kier molecular flexibility index (Phi) is 3.51. The largest absolute Gasteiger partial charge is 0.478 e. The minimum absolute atomic E-state index is 0.00277. The Labute approximate surface area is 112 Å². The lowest BCUT2D eigenvalue weighted by Gasteiger charge is -2.12. The number of hydrogen-bond acceptors (Lipinski definition) is 3. The van der Waals surface area contributed by atoms with Crippen LogP contribution in [-0.4, -0.2) is 25.5 Å². The van der Waals surface area contributed by atoms with Crippen LogP contribution >= 0.6 is 0 Å². The number of aromatic carboxylic acids is 1. The minimum atomic E-state index is -3.64. The number of rotatable bonds is 5. The second-order valence-corrected chi connectivity index (χ2v) is 6.22. The number of aryl methyl sites for hydroxylation is 1. The van der Waals surface area contributed by atoms with E-state index < -0.39 is 16.2 Å². The Hall–Kier alpha value is -1.60. The molecule has 0 amide bonds. The molecule has 3 N–H and O–H groups in total. The van der Waals surface area contributed by atoms with Crippen LogP contribution in [0, 0.1) is 13.8 Å². The van der Waals surface area contributed by atoms with E-state index in [-0.39, 0.29) is 17.3 Å². The van der Waals surface area contributed by atoms with E-state index in [1.165, 1.54) is 6.07 Å². The fraction of sp³-hybridized carbons (Fsp3) is 0.417. The van der Waals surface area contributed by atoms with E-state index in [4.69, 9.17) is 5.11 Å². The van der Waals surface area contributed by atoms with Crippen LogP contribution in [0.2, 0.25) is 0 Å². The third kappa shape index (κ3) is 3.45. The van der Waals surface area contributed by atoms with Gasteiger partial charge in [0, 0.05) is 6.04 Å². The highest BCUT2D eigenvalue weighted by Crippen LogP contribution is 2.23. The summed E-state index contributed by atoms with van der Waals surface area (Å²) < 4.78 is 28.3. The van der Waals surface area contributed by atoms with Crippen molar-refractivity contribution in [2.45, 2.75) is 32.7 Å². The van der Waals surface area contributed by atoms with Crippen molar-refractivity contribution in [3.8, 4) is 0 Å². The Morgan fingerprint density at radius 1 is 1.32 bits per heavy atom. The summed E-state index contributed by atoms with van der Waals surface area (Å²) in [6.45, 7) is 3.44. The lowest BCUT2D eigenvalue weighted by molar-refractivity contribution is 0.0696. The van der Waals surface area contributed by atoms with Gasteiger partial charge in [-0.25, -0.2) is 4.79 Å². The van der Waals surface area contributed by atoms with Gasteiger partial charge in [-0.05, 0) is 49.9 Å². The van der Waals surface area contributed by atoms with E-state index in [0.717, 1.165) is 18.4 Å². The molecule has 2 rings (SSSR count). The van der Waals surface area contributed by atoms with Crippen LogP contribution in [0.3, 0.4) is 0 Å². The zero-order valence-electron chi connectivity index (χ0n) is 10.7. The van der Waals surface area contributed by atoms with E-state index >= 15 is 0 Å². The molecule has 0 bridgehead atoms. The van der Waals surface area contributed by atoms with Crippen LogP contribution in [0.15, 0.2) is 12.1 Å². The summed E-state index contributed by atoms with van der Waals surface area (Å²) in [6.07, 6.45) is 1.68. The highest BCUT2D eigenvalue weighted by molar-refractivity contribution is 7.90. The van der Waals surface area contributed by atoms with E-state index in [1.54, 1.807) is 19.9 Å². The summed E-state index contributed by atoms with van der Waals surface area (Å²) in [6, 6.07) is 2.95. The van der Waals surface area contributed by atoms with E-state index in [0.29, 0.717) is 5.56 Å². The topological polar surface area (TPSA) is 95.5 Å². The van der Waals surface area contributed by atoms with Gasteiger partial charge in [-0.15, -0.1) is 0 Å². The van der Waals surface area contributed by atoms with Crippen molar-refractivity contribution >= 4 is 21.9 Å². The number of carbonyl (C=O) groups is 1. The molecule has 104 valence electrons. The maximum Gasteiger partial charge on any atom is 0.336 e. The number of anilines is 1. The Morgan fingerprint density at radius 2 is 1.95 bits per heavy atom. The molecule has 1 aliphatic rings. The predicted molar refractivity (Wildman–Crippen MR) is 71.6 cm³/mol. The fourth-order valence-corrected chi connectivity index (χ4v) is 2.91. The third-order valence-electron chi connectivity index (χ3n) is 3.05. The normalized spacial score (nSPS) is 15.3. The van der Waals surface area contributed by atoms with Crippen molar-refractivity contribution in [1.29, 1.82) is 0 Å². The van der Waals surface area contributed by atoms with Gasteiger partial charge >= 0.3 is 5.97 Å². The highest BCUT2D eigenvalue weighted by Gasteiger charge is 2.27. The maximum absolute atomic E-state index is 11.8. The molecule has 0 atom stereocenters. The lowest BCUT2D eigenvalue weighted by atomic mass is 10.0. The zero-order valence-corrected chi connectivity index (χ0v) is 11.5.